The number of rotatable bonds is 2. The molecule has 4 nitrogen and oxygen atoms in total. The number of carboxylic acids is 1. The van der Waals surface area contributed by atoms with Crippen molar-refractivity contribution in [1.82, 2.24) is 9.55 Å². The van der Waals surface area contributed by atoms with E-state index in [1.54, 1.807) is 30.7 Å². The Morgan fingerprint density at radius 1 is 1.56 bits per heavy atom. The molecule has 0 spiro atoms. The average molecular weight is 239 g/mol. The highest BCUT2D eigenvalue weighted by Gasteiger charge is 2.21. The standard InChI is InChI=1S/C11H11ClN2O2/c1-6(11(15)16)10-13-8-5-3-4-7(12)9(8)14(10)2/h3-6H,1-2H3,(H,15,16). The summed E-state index contributed by atoms with van der Waals surface area (Å²) in [5.74, 6) is -1.03. The lowest BCUT2D eigenvalue weighted by molar-refractivity contribution is -0.138. The molecule has 0 radical (unpaired) electrons. The van der Waals surface area contributed by atoms with Gasteiger partial charge in [0.25, 0.3) is 0 Å². The molecule has 1 aromatic carbocycles. The Kier molecular flexibility index (Phi) is 2.59. The SMILES string of the molecule is CC(C(=O)O)c1nc2cccc(Cl)c2n1C. The van der Waals surface area contributed by atoms with Gasteiger partial charge in [0.05, 0.1) is 16.1 Å². The monoisotopic (exact) mass is 238 g/mol. The first-order chi connectivity index (χ1) is 7.52. The van der Waals surface area contributed by atoms with E-state index in [1.807, 2.05) is 6.07 Å². The molecular formula is C11H11ClN2O2. The van der Waals surface area contributed by atoms with Crippen molar-refractivity contribution in [2.75, 3.05) is 0 Å². The number of carbonyl (C=O) groups is 1. The van der Waals surface area contributed by atoms with Crippen molar-refractivity contribution in [3.8, 4) is 0 Å². The first-order valence-corrected chi connectivity index (χ1v) is 5.24. The zero-order chi connectivity index (χ0) is 11.9. The largest absolute Gasteiger partial charge is 0.481 e. The third-order valence-electron chi connectivity index (χ3n) is 2.64. The van der Waals surface area contributed by atoms with Crippen LogP contribution in [0.3, 0.4) is 0 Å². The van der Waals surface area contributed by atoms with Gasteiger partial charge in [0.2, 0.25) is 0 Å². The highest BCUT2D eigenvalue weighted by atomic mass is 35.5. The van der Waals surface area contributed by atoms with Crippen LogP contribution in [0.2, 0.25) is 5.02 Å². The molecule has 0 fully saturated rings. The molecule has 1 unspecified atom stereocenters. The minimum Gasteiger partial charge on any atom is -0.481 e. The summed E-state index contributed by atoms with van der Waals surface area (Å²) in [5, 5.41) is 9.55. The summed E-state index contributed by atoms with van der Waals surface area (Å²) in [4.78, 5) is 15.2. The van der Waals surface area contributed by atoms with Gasteiger partial charge < -0.3 is 9.67 Å². The molecule has 0 aliphatic heterocycles. The van der Waals surface area contributed by atoms with E-state index in [2.05, 4.69) is 4.98 Å². The number of para-hydroxylation sites is 1. The van der Waals surface area contributed by atoms with Gasteiger partial charge in [-0.25, -0.2) is 4.98 Å². The second kappa shape index (κ2) is 3.79. The van der Waals surface area contributed by atoms with Crippen molar-refractivity contribution in [2.45, 2.75) is 12.8 Å². The second-order valence-corrected chi connectivity index (χ2v) is 4.10. The summed E-state index contributed by atoms with van der Waals surface area (Å²) >= 11 is 6.05. The van der Waals surface area contributed by atoms with E-state index in [1.165, 1.54) is 0 Å². The summed E-state index contributed by atoms with van der Waals surface area (Å²) in [6, 6.07) is 5.38. The number of benzene rings is 1. The molecule has 16 heavy (non-hydrogen) atoms. The van der Waals surface area contributed by atoms with Crippen molar-refractivity contribution in [3.05, 3.63) is 29.0 Å². The highest BCUT2D eigenvalue weighted by molar-refractivity contribution is 6.35. The topological polar surface area (TPSA) is 55.1 Å². The Bertz CT molecular complexity index is 562. The molecule has 0 aliphatic rings. The molecule has 0 bridgehead atoms. The number of imidazole rings is 1. The first kappa shape index (κ1) is 11.0. The van der Waals surface area contributed by atoms with Gasteiger partial charge in [-0.1, -0.05) is 17.7 Å². The summed E-state index contributed by atoms with van der Waals surface area (Å²) in [6.45, 7) is 1.61. The second-order valence-electron chi connectivity index (χ2n) is 3.70. The lowest BCUT2D eigenvalue weighted by Gasteiger charge is -2.06. The number of aromatic nitrogens is 2. The van der Waals surface area contributed by atoms with Crippen LogP contribution in [-0.2, 0) is 11.8 Å². The Balaban J connectivity index is 2.70. The molecule has 1 atom stereocenters. The maximum Gasteiger partial charge on any atom is 0.313 e. The van der Waals surface area contributed by atoms with Crippen LogP contribution >= 0.6 is 11.6 Å². The molecule has 1 N–H and O–H groups in total. The zero-order valence-electron chi connectivity index (χ0n) is 8.94. The molecule has 0 aliphatic carbocycles. The first-order valence-electron chi connectivity index (χ1n) is 4.86. The summed E-state index contributed by atoms with van der Waals surface area (Å²) in [7, 11) is 1.77. The van der Waals surface area contributed by atoms with E-state index in [0.29, 0.717) is 10.8 Å². The fourth-order valence-electron chi connectivity index (χ4n) is 1.74. The maximum atomic E-state index is 10.9. The van der Waals surface area contributed by atoms with Crippen molar-refractivity contribution >= 4 is 28.6 Å². The van der Waals surface area contributed by atoms with Gasteiger partial charge in [0.15, 0.2) is 0 Å². The van der Waals surface area contributed by atoms with E-state index >= 15 is 0 Å². The zero-order valence-corrected chi connectivity index (χ0v) is 9.69. The minimum atomic E-state index is -0.894. The third kappa shape index (κ3) is 1.55. The molecule has 1 heterocycles. The van der Waals surface area contributed by atoms with Crippen LogP contribution in [0.5, 0.6) is 0 Å². The summed E-state index contributed by atoms with van der Waals surface area (Å²) in [6.07, 6.45) is 0. The lowest BCUT2D eigenvalue weighted by Crippen LogP contribution is -2.12. The van der Waals surface area contributed by atoms with Crippen LogP contribution < -0.4 is 0 Å². The Hall–Kier alpha value is -1.55. The van der Waals surface area contributed by atoms with Gasteiger partial charge >= 0.3 is 5.97 Å². The summed E-state index contributed by atoms with van der Waals surface area (Å²) < 4.78 is 1.73. The van der Waals surface area contributed by atoms with Crippen LogP contribution in [0.15, 0.2) is 18.2 Å². The Labute approximate surface area is 97.5 Å². The van der Waals surface area contributed by atoms with Crippen LogP contribution in [-0.4, -0.2) is 20.6 Å². The molecule has 2 rings (SSSR count). The number of hydrogen-bond acceptors (Lipinski definition) is 2. The smallest absolute Gasteiger partial charge is 0.313 e. The number of aryl methyl sites for hydroxylation is 1. The van der Waals surface area contributed by atoms with Gasteiger partial charge in [-0.05, 0) is 19.1 Å². The van der Waals surface area contributed by atoms with Gasteiger partial charge in [-0.2, -0.15) is 0 Å². The third-order valence-corrected chi connectivity index (χ3v) is 2.94. The molecule has 0 amide bonds. The van der Waals surface area contributed by atoms with E-state index < -0.39 is 11.9 Å². The van der Waals surface area contributed by atoms with Gasteiger partial charge in [0.1, 0.15) is 11.7 Å². The summed E-state index contributed by atoms with van der Waals surface area (Å²) in [5.41, 5.74) is 1.49. The Morgan fingerprint density at radius 3 is 2.81 bits per heavy atom. The van der Waals surface area contributed by atoms with Crippen molar-refractivity contribution in [3.63, 3.8) is 0 Å². The van der Waals surface area contributed by atoms with Gasteiger partial charge in [-0.15, -0.1) is 0 Å². The lowest BCUT2D eigenvalue weighted by atomic mass is 10.2. The Morgan fingerprint density at radius 2 is 2.25 bits per heavy atom. The fourth-order valence-corrected chi connectivity index (χ4v) is 2.03. The van der Waals surface area contributed by atoms with Gasteiger partial charge in [-0.3, -0.25) is 4.79 Å². The number of halogens is 1. The van der Waals surface area contributed by atoms with E-state index in [-0.39, 0.29) is 0 Å². The van der Waals surface area contributed by atoms with Gasteiger partial charge in [0, 0.05) is 7.05 Å². The number of aliphatic carboxylic acids is 1. The normalized spacial score (nSPS) is 12.9. The maximum absolute atomic E-state index is 10.9. The fraction of sp³-hybridized carbons (Fsp3) is 0.273. The number of nitrogens with zero attached hydrogens (tertiary/aromatic N) is 2. The van der Waals surface area contributed by atoms with E-state index in [4.69, 9.17) is 16.7 Å². The minimum absolute atomic E-state index is 0.510. The number of carboxylic acid groups (broad SMARTS) is 1. The molecule has 84 valence electrons. The number of fused-ring (bicyclic) bond motifs is 1. The van der Waals surface area contributed by atoms with Crippen molar-refractivity contribution in [1.29, 1.82) is 0 Å². The van der Waals surface area contributed by atoms with E-state index in [9.17, 15) is 4.79 Å². The average Bonchev–Trinajstić information content (AvgIpc) is 2.56. The molecule has 0 saturated carbocycles. The molecule has 2 aromatic rings. The van der Waals surface area contributed by atoms with Crippen LogP contribution in [0, 0.1) is 0 Å². The predicted molar refractivity (Wildman–Crippen MR) is 61.8 cm³/mol. The molecule has 1 aromatic heterocycles. The quantitative estimate of drug-likeness (QED) is 0.874. The van der Waals surface area contributed by atoms with E-state index in [0.717, 1.165) is 11.0 Å². The van der Waals surface area contributed by atoms with Crippen LogP contribution in [0.1, 0.15) is 18.7 Å². The highest BCUT2D eigenvalue weighted by Crippen LogP contribution is 2.26. The molecular weight excluding hydrogens is 228 g/mol. The van der Waals surface area contributed by atoms with Crippen LogP contribution in [0.4, 0.5) is 0 Å². The number of hydrogen-bond donors (Lipinski definition) is 1. The van der Waals surface area contributed by atoms with Crippen molar-refractivity contribution in [2.24, 2.45) is 7.05 Å². The van der Waals surface area contributed by atoms with Crippen molar-refractivity contribution < 1.29 is 9.90 Å². The molecule has 5 heteroatoms. The molecule has 0 saturated heterocycles. The van der Waals surface area contributed by atoms with Crippen LogP contribution in [0.25, 0.3) is 11.0 Å². The predicted octanol–water partition coefficient (Wildman–Crippen LogP) is 2.41.